The molecule has 1 heterocycles. The van der Waals surface area contributed by atoms with E-state index in [2.05, 4.69) is 15.2 Å². The van der Waals surface area contributed by atoms with Crippen LogP contribution in [-0.4, -0.2) is 22.3 Å². The number of aromatic nitrogens is 2. The third-order valence-corrected chi connectivity index (χ3v) is 2.97. The highest BCUT2D eigenvalue weighted by atomic mass is 19.3. The van der Waals surface area contributed by atoms with E-state index in [1.807, 2.05) is 13.8 Å². The number of nitrogens with one attached hydrogen (secondary N) is 1. The maximum atomic E-state index is 12.2. The van der Waals surface area contributed by atoms with Gasteiger partial charge < -0.3 is 10.1 Å². The topological polar surface area (TPSA) is 56.2 Å². The molecule has 1 amide bonds. The van der Waals surface area contributed by atoms with Crippen molar-refractivity contribution in [2.24, 2.45) is 0 Å². The highest BCUT2D eigenvalue weighted by molar-refractivity contribution is 6.04. The lowest BCUT2D eigenvalue weighted by Crippen LogP contribution is -2.13. The number of benzene rings is 1. The lowest BCUT2D eigenvalue weighted by molar-refractivity contribution is -0.0498. The summed E-state index contributed by atoms with van der Waals surface area (Å²) >= 11 is 0. The van der Waals surface area contributed by atoms with E-state index in [-0.39, 0.29) is 11.3 Å². The maximum absolute atomic E-state index is 12.2. The van der Waals surface area contributed by atoms with Crippen LogP contribution < -0.4 is 10.1 Å². The number of aryl methyl sites for hydroxylation is 1. The molecule has 21 heavy (non-hydrogen) atoms. The van der Waals surface area contributed by atoms with Crippen molar-refractivity contribution in [1.82, 2.24) is 9.78 Å². The van der Waals surface area contributed by atoms with E-state index in [4.69, 9.17) is 0 Å². The summed E-state index contributed by atoms with van der Waals surface area (Å²) in [6.45, 7) is 1.55. The zero-order valence-corrected chi connectivity index (χ0v) is 11.6. The lowest BCUT2D eigenvalue weighted by atomic mass is 10.2. The molecule has 7 heteroatoms. The van der Waals surface area contributed by atoms with Crippen molar-refractivity contribution < 1.29 is 18.3 Å². The van der Waals surface area contributed by atoms with Crippen LogP contribution in [0.3, 0.4) is 0 Å². The Labute approximate surface area is 120 Å². The molecule has 0 fully saturated rings. The number of alkyl halides is 2. The first-order valence-corrected chi connectivity index (χ1v) is 6.40. The molecule has 2 aromatic rings. The average molecular weight is 295 g/mol. The third kappa shape index (κ3) is 3.56. The Hall–Kier alpha value is -2.44. The lowest BCUT2D eigenvalue weighted by Gasteiger charge is -2.08. The molecule has 0 saturated heterocycles. The highest BCUT2D eigenvalue weighted by Crippen LogP contribution is 2.18. The summed E-state index contributed by atoms with van der Waals surface area (Å²) in [5.41, 5.74) is 1.64. The molecular weight excluding hydrogens is 280 g/mol. The maximum Gasteiger partial charge on any atom is 0.387 e. The largest absolute Gasteiger partial charge is 0.435 e. The van der Waals surface area contributed by atoms with Crippen LogP contribution in [0.2, 0.25) is 0 Å². The number of carbonyl (C=O) groups excluding carboxylic acids is 1. The highest BCUT2D eigenvalue weighted by Gasteiger charge is 2.12. The zero-order chi connectivity index (χ0) is 15.4. The molecule has 0 bridgehead atoms. The fraction of sp³-hybridized carbons (Fsp3) is 0.286. The van der Waals surface area contributed by atoms with Crippen molar-refractivity contribution >= 4 is 11.6 Å². The van der Waals surface area contributed by atoms with Crippen molar-refractivity contribution in [3.8, 4) is 5.75 Å². The SMILES string of the molecule is CCn1ncc(NC(=O)c2cccc(OC(F)F)c2)c1C. The molecule has 1 N–H and O–H groups in total. The second-order valence-corrected chi connectivity index (χ2v) is 4.32. The summed E-state index contributed by atoms with van der Waals surface area (Å²) < 4.78 is 30.3. The molecular formula is C14H15F2N3O2. The van der Waals surface area contributed by atoms with Crippen LogP contribution in [0, 0.1) is 6.92 Å². The van der Waals surface area contributed by atoms with Crippen LogP contribution in [-0.2, 0) is 6.54 Å². The summed E-state index contributed by atoms with van der Waals surface area (Å²) in [5.74, 6) is -0.466. The van der Waals surface area contributed by atoms with Crippen molar-refractivity contribution in [3.63, 3.8) is 0 Å². The minimum atomic E-state index is -2.92. The van der Waals surface area contributed by atoms with Crippen molar-refractivity contribution in [2.75, 3.05) is 5.32 Å². The Balaban J connectivity index is 2.14. The number of hydrogen-bond donors (Lipinski definition) is 1. The van der Waals surface area contributed by atoms with Crippen LogP contribution in [0.15, 0.2) is 30.5 Å². The first-order valence-electron chi connectivity index (χ1n) is 6.40. The number of amides is 1. The number of nitrogens with zero attached hydrogens (tertiary/aromatic N) is 2. The van der Waals surface area contributed by atoms with Gasteiger partial charge in [0.05, 0.1) is 17.6 Å². The summed E-state index contributed by atoms with van der Waals surface area (Å²) in [4.78, 5) is 12.1. The fourth-order valence-corrected chi connectivity index (χ4v) is 1.90. The number of halogens is 2. The molecule has 0 aliphatic carbocycles. The van der Waals surface area contributed by atoms with Crippen molar-refractivity contribution in [1.29, 1.82) is 0 Å². The standard InChI is InChI=1S/C14H15F2N3O2/c1-3-19-9(2)12(8-17-19)18-13(20)10-5-4-6-11(7-10)21-14(15)16/h4-8,14H,3H2,1-2H3,(H,18,20). The summed E-state index contributed by atoms with van der Waals surface area (Å²) in [6.07, 6.45) is 1.55. The van der Waals surface area contributed by atoms with Crippen LogP contribution in [0.4, 0.5) is 14.5 Å². The molecule has 0 aliphatic heterocycles. The first-order chi connectivity index (χ1) is 10.0. The Bertz CT molecular complexity index is 641. The molecule has 0 aliphatic rings. The van der Waals surface area contributed by atoms with Crippen LogP contribution >= 0.6 is 0 Å². The number of anilines is 1. The number of ether oxygens (including phenoxy) is 1. The monoisotopic (exact) mass is 295 g/mol. The minimum Gasteiger partial charge on any atom is -0.435 e. The molecule has 0 atom stereocenters. The molecule has 0 unspecified atom stereocenters. The smallest absolute Gasteiger partial charge is 0.387 e. The van der Waals surface area contributed by atoms with Gasteiger partial charge in [0.25, 0.3) is 5.91 Å². The van der Waals surface area contributed by atoms with E-state index in [0.29, 0.717) is 12.2 Å². The summed E-state index contributed by atoms with van der Waals surface area (Å²) in [6, 6.07) is 5.63. The number of carbonyl (C=O) groups is 1. The molecule has 1 aromatic heterocycles. The molecule has 112 valence electrons. The second-order valence-electron chi connectivity index (χ2n) is 4.32. The van der Waals surface area contributed by atoms with E-state index < -0.39 is 12.5 Å². The van der Waals surface area contributed by atoms with Gasteiger partial charge in [0.15, 0.2) is 0 Å². The Kier molecular flexibility index (Phi) is 4.52. The van der Waals surface area contributed by atoms with Gasteiger partial charge >= 0.3 is 6.61 Å². The number of hydrogen-bond acceptors (Lipinski definition) is 3. The molecule has 1 aromatic carbocycles. The molecule has 2 rings (SSSR count). The molecule has 0 radical (unpaired) electrons. The molecule has 0 saturated carbocycles. The van der Waals surface area contributed by atoms with Gasteiger partial charge in [-0.15, -0.1) is 0 Å². The Morgan fingerprint density at radius 3 is 2.86 bits per heavy atom. The van der Waals surface area contributed by atoms with Gasteiger partial charge in [0.2, 0.25) is 0 Å². The molecule has 0 spiro atoms. The predicted molar refractivity (Wildman–Crippen MR) is 73.7 cm³/mol. The van der Waals surface area contributed by atoms with Crippen molar-refractivity contribution in [3.05, 3.63) is 41.7 Å². The summed E-state index contributed by atoms with van der Waals surface area (Å²) in [5, 5.41) is 6.81. The molecule has 5 nitrogen and oxygen atoms in total. The van der Waals surface area contributed by atoms with E-state index in [1.165, 1.54) is 24.3 Å². The number of rotatable bonds is 5. The van der Waals surface area contributed by atoms with Gasteiger partial charge in [-0.1, -0.05) is 6.07 Å². The van der Waals surface area contributed by atoms with Gasteiger partial charge in [-0.2, -0.15) is 13.9 Å². The second kappa shape index (κ2) is 6.34. The Morgan fingerprint density at radius 1 is 1.48 bits per heavy atom. The van der Waals surface area contributed by atoms with E-state index in [9.17, 15) is 13.6 Å². The van der Waals surface area contributed by atoms with Crippen LogP contribution in [0.1, 0.15) is 23.0 Å². The zero-order valence-electron chi connectivity index (χ0n) is 11.6. The third-order valence-electron chi connectivity index (χ3n) is 2.97. The normalized spacial score (nSPS) is 10.7. The summed E-state index contributed by atoms with van der Waals surface area (Å²) in [7, 11) is 0. The van der Waals surface area contributed by atoms with Gasteiger partial charge in [0, 0.05) is 12.1 Å². The predicted octanol–water partition coefficient (Wildman–Crippen LogP) is 3.07. The van der Waals surface area contributed by atoms with E-state index in [0.717, 1.165) is 5.69 Å². The minimum absolute atomic E-state index is 0.0568. The van der Waals surface area contributed by atoms with Gasteiger partial charge in [-0.05, 0) is 32.0 Å². The van der Waals surface area contributed by atoms with Crippen LogP contribution in [0.5, 0.6) is 5.75 Å². The van der Waals surface area contributed by atoms with Gasteiger partial charge in [-0.3, -0.25) is 9.48 Å². The van der Waals surface area contributed by atoms with Crippen LogP contribution in [0.25, 0.3) is 0 Å². The fourth-order valence-electron chi connectivity index (χ4n) is 1.90. The average Bonchev–Trinajstić information content (AvgIpc) is 2.79. The van der Waals surface area contributed by atoms with E-state index in [1.54, 1.807) is 10.9 Å². The van der Waals surface area contributed by atoms with Crippen molar-refractivity contribution in [2.45, 2.75) is 27.0 Å². The van der Waals surface area contributed by atoms with Gasteiger partial charge in [0.1, 0.15) is 5.75 Å². The van der Waals surface area contributed by atoms with E-state index >= 15 is 0 Å². The quantitative estimate of drug-likeness (QED) is 0.922. The Morgan fingerprint density at radius 2 is 2.24 bits per heavy atom. The first kappa shape index (κ1) is 15.0. The van der Waals surface area contributed by atoms with Gasteiger partial charge in [-0.25, -0.2) is 0 Å².